The smallest absolute Gasteiger partial charge is 0.335 e. The van der Waals surface area contributed by atoms with Gasteiger partial charge in [0.1, 0.15) is 18.8 Å². The van der Waals surface area contributed by atoms with Crippen molar-refractivity contribution >= 4 is 23.9 Å². The summed E-state index contributed by atoms with van der Waals surface area (Å²) in [6.07, 6.45) is 61.6. The molecule has 1 rings (SSSR count). The first-order chi connectivity index (χ1) is 40.6. The van der Waals surface area contributed by atoms with Crippen LogP contribution in [0.15, 0.2) is 60.8 Å². The molecule has 1 saturated heterocycles. The minimum Gasteiger partial charge on any atom is -0.479 e. The minimum absolute atomic E-state index is 0.0467. The predicted molar refractivity (Wildman–Crippen MR) is 340 cm³/mol. The van der Waals surface area contributed by atoms with Gasteiger partial charge in [-0.05, 0) is 89.9 Å². The van der Waals surface area contributed by atoms with E-state index in [4.69, 9.17) is 23.7 Å². The fraction of sp³-hybridized carbons (Fsp3) is 0.803. The predicted octanol–water partition coefficient (Wildman–Crippen LogP) is 18.7. The van der Waals surface area contributed by atoms with Gasteiger partial charge in [0.2, 0.25) is 0 Å². The van der Waals surface area contributed by atoms with Crippen molar-refractivity contribution in [3.05, 3.63) is 60.8 Å². The zero-order chi connectivity index (χ0) is 60.3. The van der Waals surface area contributed by atoms with Crippen molar-refractivity contribution in [3.8, 4) is 0 Å². The number of rotatable bonds is 59. The number of hydrogen-bond donors (Lipinski definition) is 3. The number of ether oxygens (including phenoxy) is 5. The van der Waals surface area contributed by atoms with E-state index in [0.29, 0.717) is 19.3 Å². The highest BCUT2D eigenvalue weighted by molar-refractivity contribution is 5.74. The van der Waals surface area contributed by atoms with Gasteiger partial charge in [-0.15, -0.1) is 0 Å². The number of carboxylic acid groups (broad SMARTS) is 1. The summed E-state index contributed by atoms with van der Waals surface area (Å²) in [6, 6.07) is 0. The lowest BCUT2D eigenvalue weighted by Crippen LogP contribution is -2.61. The first-order valence-corrected chi connectivity index (χ1v) is 34.3. The quantitative estimate of drug-likeness (QED) is 0.0228. The van der Waals surface area contributed by atoms with E-state index >= 15 is 0 Å². The Morgan fingerprint density at radius 1 is 0.398 bits per heavy atom. The lowest BCUT2D eigenvalue weighted by Gasteiger charge is -2.40. The summed E-state index contributed by atoms with van der Waals surface area (Å²) in [7, 11) is 0. The molecule has 0 aromatic heterocycles. The molecule has 0 spiro atoms. The molecule has 1 aliphatic rings. The van der Waals surface area contributed by atoms with Crippen LogP contribution in [0.25, 0.3) is 0 Å². The summed E-state index contributed by atoms with van der Waals surface area (Å²) >= 11 is 0. The van der Waals surface area contributed by atoms with Crippen LogP contribution in [-0.2, 0) is 42.9 Å². The van der Waals surface area contributed by atoms with Crippen LogP contribution in [0.3, 0.4) is 0 Å². The van der Waals surface area contributed by atoms with Crippen molar-refractivity contribution in [3.63, 3.8) is 0 Å². The molecule has 6 unspecified atom stereocenters. The van der Waals surface area contributed by atoms with Gasteiger partial charge < -0.3 is 39.0 Å². The van der Waals surface area contributed by atoms with E-state index in [1.807, 2.05) is 0 Å². The summed E-state index contributed by atoms with van der Waals surface area (Å²) in [5.41, 5.74) is 0. The van der Waals surface area contributed by atoms with Crippen molar-refractivity contribution in [2.45, 2.75) is 353 Å². The Bertz CT molecular complexity index is 1670. The molecule has 0 bridgehead atoms. The number of aliphatic hydroxyl groups is 2. The Kier molecular flexibility index (Phi) is 54.8. The van der Waals surface area contributed by atoms with Gasteiger partial charge in [-0.1, -0.05) is 268 Å². The van der Waals surface area contributed by atoms with Crippen molar-refractivity contribution < 1.29 is 58.2 Å². The number of carbonyl (C=O) groups excluding carboxylic acids is 3. The Balaban J connectivity index is 2.64. The zero-order valence-electron chi connectivity index (χ0n) is 53.2. The van der Waals surface area contributed by atoms with Crippen molar-refractivity contribution in [1.29, 1.82) is 0 Å². The van der Waals surface area contributed by atoms with Crippen LogP contribution in [0.4, 0.5) is 0 Å². The van der Waals surface area contributed by atoms with Crippen LogP contribution in [0.1, 0.15) is 316 Å². The zero-order valence-corrected chi connectivity index (χ0v) is 53.2. The molecule has 6 atom stereocenters. The van der Waals surface area contributed by atoms with E-state index in [9.17, 15) is 34.5 Å². The lowest BCUT2D eigenvalue weighted by atomic mass is 9.98. The van der Waals surface area contributed by atoms with Gasteiger partial charge in [0.25, 0.3) is 0 Å². The second kappa shape index (κ2) is 58.8. The number of esters is 3. The molecule has 83 heavy (non-hydrogen) atoms. The second-order valence-electron chi connectivity index (χ2n) is 23.5. The molecule has 0 aromatic carbocycles. The molecule has 3 N–H and O–H groups in total. The molecule has 0 amide bonds. The van der Waals surface area contributed by atoms with Crippen LogP contribution >= 0.6 is 0 Å². The van der Waals surface area contributed by atoms with Gasteiger partial charge in [-0.2, -0.15) is 0 Å². The molecule has 0 radical (unpaired) electrons. The van der Waals surface area contributed by atoms with E-state index < -0.39 is 67.3 Å². The molecular weight excluding hydrogens is 1040 g/mol. The highest BCUT2D eigenvalue weighted by Gasteiger charge is 2.50. The van der Waals surface area contributed by atoms with Gasteiger partial charge in [-0.25, -0.2) is 4.79 Å². The second-order valence-corrected chi connectivity index (χ2v) is 23.5. The van der Waals surface area contributed by atoms with Crippen molar-refractivity contribution in [1.82, 2.24) is 0 Å². The Morgan fingerprint density at radius 3 is 1.12 bits per heavy atom. The fourth-order valence-corrected chi connectivity index (χ4v) is 10.3. The normalized spacial score (nSPS) is 17.9. The molecule has 1 fully saturated rings. The van der Waals surface area contributed by atoms with E-state index in [0.717, 1.165) is 103 Å². The average Bonchev–Trinajstić information content (AvgIpc) is 3.60. The van der Waals surface area contributed by atoms with Gasteiger partial charge in [-0.3, -0.25) is 14.4 Å². The monoisotopic (exact) mass is 1170 g/mol. The summed E-state index contributed by atoms with van der Waals surface area (Å²) in [5, 5.41) is 31.6. The topological polar surface area (TPSA) is 175 Å². The SMILES string of the molecule is CCCCC/C=C\C/C=C\C/C=C\CCCCCCCCC(=O)OC1C(OCC(COC(=O)CCCCCCCCCCC/C=C\C/C=C\CCCCC)OC(=O)CCCCCCCCCCCCCCCCC)OC(C(=O)O)C(O)C1O. The number of aliphatic hydroxyl groups excluding tert-OH is 2. The Morgan fingerprint density at radius 2 is 0.723 bits per heavy atom. The third kappa shape index (κ3) is 48.3. The third-order valence-corrected chi connectivity index (χ3v) is 15.6. The molecule has 0 saturated carbocycles. The van der Waals surface area contributed by atoms with Gasteiger partial charge >= 0.3 is 23.9 Å². The van der Waals surface area contributed by atoms with E-state index in [1.54, 1.807) is 0 Å². The maximum absolute atomic E-state index is 13.2. The Labute approximate surface area is 506 Å². The summed E-state index contributed by atoms with van der Waals surface area (Å²) in [6.45, 7) is 5.99. The fourth-order valence-electron chi connectivity index (χ4n) is 10.3. The number of unbranched alkanes of at least 4 members (excludes halogenated alkanes) is 35. The Hall–Kier alpha value is -3.58. The average molecular weight is 1170 g/mol. The molecule has 12 heteroatoms. The standard InChI is InChI=1S/C71H124O12/c1-4-7-10-13-16-19-22-25-28-30-32-34-37-39-42-45-48-51-54-57-63(72)79-60-62(81-64(73)58-55-52-49-46-43-40-36-27-24-21-18-15-12-9-6-3)61-80-71-69(67(76)66(75)68(83-71)70(77)78)82-65(74)59-56-53-50-47-44-41-38-35-33-31-29-26-23-20-17-14-11-8-5-2/h16-17,19-20,25-26,28-29,33,35,62,66-69,71,75-76H,4-15,18,21-24,27,30-32,34,36-61H2,1-3H3,(H,77,78)/b19-16-,20-17-,28-25-,29-26-,35-33-. The van der Waals surface area contributed by atoms with Crippen molar-refractivity contribution in [2.75, 3.05) is 13.2 Å². The summed E-state index contributed by atoms with van der Waals surface area (Å²) < 4.78 is 28.6. The van der Waals surface area contributed by atoms with Gasteiger partial charge in [0.05, 0.1) is 6.61 Å². The van der Waals surface area contributed by atoms with Crippen molar-refractivity contribution in [2.24, 2.45) is 0 Å². The highest BCUT2D eigenvalue weighted by atomic mass is 16.7. The highest BCUT2D eigenvalue weighted by Crippen LogP contribution is 2.27. The number of carboxylic acids is 1. The molecule has 1 heterocycles. The molecule has 0 aromatic rings. The number of hydrogen-bond acceptors (Lipinski definition) is 11. The summed E-state index contributed by atoms with van der Waals surface area (Å²) in [4.78, 5) is 51.4. The number of carbonyl (C=O) groups is 4. The first kappa shape index (κ1) is 77.4. The van der Waals surface area contributed by atoms with Crippen LogP contribution in [0.2, 0.25) is 0 Å². The largest absolute Gasteiger partial charge is 0.479 e. The van der Waals surface area contributed by atoms with Gasteiger partial charge in [0.15, 0.2) is 24.6 Å². The van der Waals surface area contributed by atoms with Gasteiger partial charge in [0, 0.05) is 19.3 Å². The molecule has 1 aliphatic heterocycles. The maximum Gasteiger partial charge on any atom is 0.335 e. The third-order valence-electron chi connectivity index (χ3n) is 15.6. The van der Waals surface area contributed by atoms with Crippen LogP contribution in [0, 0.1) is 0 Å². The first-order valence-electron chi connectivity index (χ1n) is 34.3. The molecule has 0 aliphatic carbocycles. The van der Waals surface area contributed by atoms with Crippen LogP contribution in [0.5, 0.6) is 0 Å². The lowest BCUT2D eigenvalue weighted by molar-refractivity contribution is -0.301. The summed E-state index contributed by atoms with van der Waals surface area (Å²) in [5.74, 6) is -3.11. The van der Waals surface area contributed by atoms with Crippen LogP contribution < -0.4 is 0 Å². The maximum atomic E-state index is 13.2. The van der Waals surface area contributed by atoms with E-state index in [2.05, 4.69) is 81.5 Å². The van der Waals surface area contributed by atoms with E-state index in [1.165, 1.54) is 154 Å². The minimum atomic E-state index is -1.91. The number of allylic oxidation sites excluding steroid dienone is 10. The van der Waals surface area contributed by atoms with E-state index in [-0.39, 0.29) is 25.9 Å². The van der Waals surface area contributed by atoms with Crippen LogP contribution in [-0.4, -0.2) is 89.2 Å². The molecule has 480 valence electrons. The molecular formula is C71H124O12. The molecule has 12 nitrogen and oxygen atoms in total. The number of aliphatic carboxylic acids is 1.